The first-order valence-corrected chi connectivity index (χ1v) is 7.17. The van der Waals surface area contributed by atoms with Gasteiger partial charge in [0.15, 0.2) is 0 Å². The zero-order valence-corrected chi connectivity index (χ0v) is 12.1. The van der Waals surface area contributed by atoms with Crippen molar-refractivity contribution in [1.82, 2.24) is 9.80 Å². The number of rotatable bonds is 2. The minimum absolute atomic E-state index is 0.0211. The maximum Gasteiger partial charge on any atom is 0.320 e. The van der Waals surface area contributed by atoms with E-state index >= 15 is 0 Å². The molecule has 5 heteroatoms. The number of carboxylic acids is 1. The number of nitrogens with zero attached hydrogens (tertiary/aromatic N) is 2. The molecule has 1 N–H and O–H groups in total. The number of likely N-dealkylation sites (tertiary alicyclic amines) is 2. The predicted molar refractivity (Wildman–Crippen MR) is 71.8 cm³/mol. The fourth-order valence-corrected chi connectivity index (χ4v) is 3.14. The topological polar surface area (TPSA) is 60.9 Å². The summed E-state index contributed by atoms with van der Waals surface area (Å²) in [6.45, 7) is 8.73. The molecule has 0 spiro atoms. The molecule has 2 amide bonds. The highest BCUT2D eigenvalue weighted by atomic mass is 16.4. The Kier molecular flexibility index (Phi) is 3.74. The van der Waals surface area contributed by atoms with E-state index in [0.717, 1.165) is 13.1 Å². The molecule has 5 nitrogen and oxygen atoms in total. The van der Waals surface area contributed by atoms with Crippen molar-refractivity contribution >= 4 is 12.0 Å². The van der Waals surface area contributed by atoms with E-state index in [1.54, 1.807) is 4.90 Å². The third kappa shape index (κ3) is 2.42. The third-order valence-corrected chi connectivity index (χ3v) is 5.01. The Morgan fingerprint density at radius 2 is 1.79 bits per heavy atom. The lowest BCUT2D eigenvalue weighted by Gasteiger charge is -2.26. The van der Waals surface area contributed by atoms with Crippen LogP contribution in [-0.4, -0.2) is 53.1 Å². The summed E-state index contributed by atoms with van der Waals surface area (Å²) < 4.78 is 0. The molecule has 0 saturated carbocycles. The Balaban J connectivity index is 2.01. The molecule has 2 aliphatic heterocycles. The van der Waals surface area contributed by atoms with Crippen LogP contribution in [0.4, 0.5) is 4.79 Å². The molecule has 2 heterocycles. The van der Waals surface area contributed by atoms with Crippen LogP contribution in [0, 0.1) is 17.3 Å². The second kappa shape index (κ2) is 5.02. The lowest BCUT2D eigenvalue weighted by atomic mass is 9.84. The Labute approximate surface area is 114 Å². The predicted octanol–water partition coefficient (Wildman–Crippen LogP) is 1.88. The number of amides is 2. The van der Waals surface area contributed by atoms with Crippen molar-refractivity contribution < 1.29 is 14.7 Å². The molecule has 0 bridgehead atoms. The van der Waals surface area contributed by atoms with E-state index in [1.807, 2.05) is 11.8 Å². The maximum atomic E-state index is 12.4. The van der Waals surface area contributed by atoms with Gasteiger partial charge in [-0.25, -0.2) is 4.79 Å². The molecular formula is C14H24N2O3. The van der Waals surface area contributed by atoms with Gasteiger partial charge in [0.05, 0.1) is 5.41 Å². The minimum Gasteiger partial charge on any atom is -0.481 e. The van der Waals surface area contributed by atoms with Gasteiger partial charge in [-0.15, -0.1) is 0 Å². The highest BCUT2D eigenvalue weighted by Gasteiger charge is 2.46. The Morgan fingerprint density at radius 3 is 2.21 bits per heavy atom. The molecule has 108 valence electrons. The zero-order valence-electron chi connectivity index (χ0n) is 12.1. The number of hydrogen-bond donors (Lipinski definition) is 1. The molecule has 3 atom stereocenters. The molecule has 2 fully saturated rings. The van der Waals surface area contributed by atoms with Crippen molar-refractivity contribution in [3.05, 3.63) is 0 Å². The van der Waals surface area contributed by atoms with Gasteiger partial charge in [0.2, 0.25) is 0 Å². The molecular weight excluding hydrogens is 244 g/mol. The van der Waals surface area contributed by atoms with Gasteiger partial charge in [0, 0.05) is 26.2 Å². The van der Waals surface area contributed by atoms with Gasteiger partial charge in [0.25, 0.3) is 0 Å². The number of carbonyl (C=O) groups is 2. The fraction of sp³-hybridized carbons (Fsp3) is 0.857. The van der Waals surface area contributed by atoms with E-state index in [4.69, 9.17) is 0 Å². The monoisotopic (exact) mass is 268 g/mol. The first-order valence-electron chi connectivity index (χ1n) is 7.17. The standard InChI is InChI=1S/C14H24N2O3/c1-4-14(12(17)18)5-6-15(9-14)13(19)16-7-10(2)11(3)8-16/h10-11H,4-9H2,1-3H3,(H,17,18). The largest absolute Gasteiger partial charge is 0.481 e. The maximum absolute atomic E-state index is 12.4. The van der Waals surface area contributed by atoms with E-state index < -0.39 is 11.4 Å². The molecule has 3 unspecified atom stereocenters. The average Bonchev–Trinajstić information content (AvgIpc) is 2.94. The average molecular weight is 268 g/mol. The lowest BCUT2D eigenvalue weighted by Crippen LogP contribution is -2.43. The van der Waals surface area contributed by atoms with Crippen LogP contribution in [0.5, 0.6) is 0 Å². The van der Waals surface area contributed by atoms with Crippen molar-refractivity contribution in [3.63, 3.8) is 0 Å². The summed E-state index contributed by atoms with van der Waals surface area (Å²) in [5.41, 5.74) is -0.730. The molecule has 0 aromatic heterocycles. The van der Waals surface area contributed by atoms with E-state index in [-0.39, 0.29) is 6.03 Å². The van der Waals surface area contributed by atoms with Crippen LogP contribution < -0.4 is 0 Å². The third-order valence-electron chi connectivity index (χ3n) is 5.01. The van der Waals surface area contributed by atoms with Crippen molar-refractivity contribution in [3.8, 4) is 0 Å². The number of aliphatic carboxylic acids is 1. The van der Waals surface area contributed by atoms with Crippen LogP contribution in [0.25, 0.3) is 0 Å². The van der Waals surface area contributed by atoms with Gasteiger partial charge in [-0.2, -0.15) is 0 Å². The van der Waals surface area contributed by atoms with Gasteiger partial charge >= 0.3 is 12.0 Å². The lowest BCUT2D eigenvalue weighted by molar-refractivity contribution is -0.148. The SMILES string of the molecule is CCC1(C(=O)O)CCN(C(=O)N2CC(C)C(C)C2)C1. The highest BCUT2D eigenvalue weighted by molar-refractivity contribution is 5.80. The molecule has 0 radical (unpaired) electrons. The molecule has 0 aromatic carbocycles. The van der Waals surface area contributed by atoms with Gasteiger partial charge < -0.3 is 14.9 Å². The summed E-state index contributed by atoms with van der Waals surface area (Å²) >= 11 is 0. The van der Waals surface area contributed by atoms with Gasteiger partial charge in [-0.1, -0.05) is 20.8 Å². The smallest absolute Gasteiger partial charge is 0.320 e. The number of hydrogen-bond acceptors (Lipinski definition) is 2. The first-order chi connectivity index (χ1) is 8.89. The summed E-state index contributed by atoms with van der Waals surface area (Å²) in [4.78, 5) is 27.4. The Bertz CT molecular complexity index is 375. The second-order valence-electron chi connectivity index (χ2n) is 6.25. The summed E-state index contributed by atoms with van der Waals surface area (Å²) in [7, 11) is 0. The van der Waals surface area contributed by atoms with Crippen LogP contribution >= 0.6 is 0 Å². The number of carboxylic acid groups (broad SMARTS) is 1. The second-order valence-corrected chi connectivity index (χ2v) is 6.25. The fourth-order valence-electron chi connectivity index (χ4n) is 3.14. The summed E-state index contributed by atoms with van der Waals surface area (Å²) in [6.07, 6.45) is 1.16. The van der Waals surface area contributed by atoms with Crippen molar-refractivity contribution in [2.75, 3.05) is 26.2 Å². The van der Waals surface area contributed by atoms with Crippen molar-refractivity contribution in [1.29, 1.82) is 0 Å². The number of urea groups is 1. The van der Waals surface area contributed by atoms with E-state index in [0.29, 0.717) is 37.8 Å². The van der Waals surface area contributed by atoms with E-state index in [9.17, 15) is 14.7 Å². The van der Waals surface area contributed by atoms with Crippen molar-refractivity contribution in [2.24, 2.45) is 17.3 Å². The van der Waals surface area contributed by atoms with Crippen LogP contribution in [0.3, 0.4) is 0 Å². The summed E-state index contributed by atoms with van der Waals surface area (Å²) in [6, 6.07) is 0.0211. The molecule has 2 aliphatic rings. The van der Waals surface area contributed by atoms with Gasteiger partial charge in [-0.3, -0.25) is 4.79 Å². The van der Waals surface area contributed by atoms with Crippen LogP contribution in [-0.2, 0) is 4.79 Å². The summed E-state index contributed by atoms with van der Waals surface area (Å²) in [5.74, 6) is 0.289. The van der Waals surface area contributed by atoms with Crippen molar-refractivity contribution in [2.45, 2.75) is 33.6 Å². The first kappa shape index (κ1) is 14.2. The Morgan fingerprint density at radius 1 is 1.21 bits per heavy atom. The Hall–Kier alpha value is -1.26. The van der Waals surface area contributed by atoms with Crippen LogP contribution in [0.15, 0.2) is 0 Å². The van der Waals surface area contributed by atoms with E-state index in [2.05, 4.69) is 13.8 Å². The molecule has 0 aromatic rings. The molecule has 0 aliphatic carbocycles. The molecule has 2 saturated heterocycles. The number of carbonyl (C=O) groups excluding carboxylic acids is 1. The highest BCUT2D eigenvalue weighted by Crippen LogP contribution is 2.35. The van der Waals surface area contributed by atoms with Crippen LogP contribution in [0.1, 0.15) is 33.6 Å². The van der Waals surface area contributed by atoms with Gasteiger partial charge in [-0.05, 0) is 24.7 Å². The quantitative estimate of drug-likeness (QED) is 0.832. The van der Waals surface area contributed by atoms with Gasteiger partial charge in [0.1, 0.15) is 0 Å². The molecule has 19 heavy (non-hydrogen) atoms. The zero-order chi connectivity index (χ0) is 14.2. The normalized spacial score (nSPS) is 34.9. The summed E-state index contributed by atoms with van der Waals surface area (Å²) in [5, 5.41) is 9.36. The molecule has 2 rings (SSSR count). The minimum atomic E-state index is -0.770. The van der Waals surface area contributed by atoms with E-state index in [1.165, 1.54) is 0 Å². The van der Waals surface area contributed by atoms with Crippen LogP contribution in [0.2, 0.25) is 0 Å².